The molecule has 0 aliphatic rings. The molecular weight excluding hydrogens is 371 g/mol. The fourth-order valence-electron chi connectivity index (χ4n) is 2.55. The Kier molecular flexibility index (Phi) is 4.00. The summed E-state index contributed by atoms with van der Waals surface area (Å²) < 4.78 is 3.16. The molecule has 0 saturated heterocycles. The Morgan fingerprint density at radius 1 is 1.19 bits per heavy atom. The first kappa shape index (κ1) is 14.9. The van der Waals surface area contributed by atoms with Crippen LogP contribution in [0.5, 0.6) is 0 Å². The number of aromatic nitrogens is 2. The zero-order valence-corrected chi connectivity index (χ0v) is 14.7. The molecule has 1 aromatic heterocycles. The quantitative estimate of drug-likeness (QED) is 0.511. The standard InChI is InChI=1S/C16H13BrCl2N2/c1-9-6-11(7-10(2)15(9)17)21-14(8-18)20-13-5-3-4-12(19)16(13)21/h3-7H,8H2,1-2H3. The highest BCUT2D eigenvalue weighted by Gasteiger charge is 2.15. The molecule has 0 aliphatic heterocycles. The molecule has 0 aliphatic carbocycles. The number of benzene rings is 2. The van der Waals surface area contributed by atoms with E-state index in [2.05, 4.69) is 46.9 Å². The van der Waals surface area contributed by atoms with Crippen molar-refractivity contribution in [3.8, 4) is 5.69 Å². The lowest BCUT2D eigenvalue weighted by Crippen LogP contribution is -2.01. The highest BCUT2D eigenvalue weighted by molar-refractivity contribution is 9.10. The van der Waals surface area contributed by atoms with Crippen LogP contribution in [0.3, 0.4) is 0 Å². The van der Waals surface area contributed by atoms with E-state index in [1.165, 1.54) is 11.1 Å². The van der Waals surface area contributed by atoms with Crippen LogP contribution in [0.1, 0.15) is 17.0 Å². The molecule has 3 aromatic rings. The van der Waals surface area contributed by atoms with Crippen molar-refractivity contribution >= 4 is 50.2 Å². The fraction of sp³-hybridized carbons (Fsp3) is 0.188. The average Bonchev–Trinajstić information content (AvgIpc) is 2.84. The lowest BCUT2D eigenvalue weighted by atomic mass is 10.1. The lowest BCUT2D eigenvalue weighted by Gasteiger charge is -2.12. The van der Waals surface area contributed by atoms with Crippen LogP contribution < -0.4 is 0 Å². The minimum absolute atomic E-state index is 0.333. The Hall–Kier alpha value is -1.03. The number of hydrogen-bond donors (Lipinski definition) is 0. The number of para-hydroxylation sites is 1. The van der Waals surface area contributed by atoms with Gasteiger partial charge in [0.05, 0.1) is 21.9 Å². The summed E-state index contributed by atoms with van der Waals surface area (Å²) in [4.78, 5) is 4.58. The van der Waals surface area contributed by atoms with Crippen molar-refractivity contribution in [2.45, 2.75) is 19.7 Å². The smallest absolute Gasteiger partial charge is 0.129 e. The van der Waals surface area contributed by atoms with Crippen LogP contribution in [0.25, 0.3) is 16.7 Å². The van der Waals surface area contributed by atoms with Gasteiger partial charge in [0, 0.05) is 10.2 Å². The summed E-state index contributed by atoms with van der Waals surface area (Å²) in [6, 6.07) is 9.94. The van der Waals surface area contributed by atoms with E-state index < -0.39 is 0 Å². The second kappa shape index (κ2) is 5.64. The molecule has 21 heavy (non-hydrogen) atoms. The summed E-state index contributed by atoms with van der Waals surface area (Å²) in [5.74, 6) is 1.12. The molecule has 1 heterocycles. The molecule has 0 N–H and O–H groups in total. The molecule has 0 saturated carbocycles. The van der Waals surface area contributed by atoms with E-state index in [1.807, 2.05) is 22.8 Å². The molecule has 0 atom stereocenters. The first-order chi connectivity index (χ1) is 10.0. The maximum Gasteiger partial charge on any atom is 0.129 e. The number of halogens is 3. The van der Waals surface area contributed by atoms with Crippen LogP contribution in [0.2, 0.25) is 5.02 Å². The van der Waals surface area contributed by atoms with Gasteiger partial charge in [0.1, 0.15) is 5.82 Å². The maximum absolute atomic E-state index is 6.38. The molecule has 0 radical (unpaired) electrons. The Morgan fingerprint density at radius 2 is 1.86 bits per heavy atom. The predicted octanol–water partition coefficient (Wildman–Crippen LogP) is 5.80. The van der Waals surface area contributed by atoms with E-state index in [0.717, 1.165) is 27.0 Å². The van der Waals surface area contributed by atoms with Crippen LogP contribution in [0.15, 0.2) is 34.8 Å². The third-order valence-corrected chi connectivity index (χ3v) is 5.29. The van der Waals surface area contributed by atoms with Crippen molar-refractivity contribution < 1.29 is 0 Å². The lowest BCUT2D eigenvalue weighted by molar-refractivity contribution is 0.977. The molecular formula is C16H13BrCl2N2. The second-order valence-corrected chi connectivity index (χ2v) is 6.47. The summed E-state index contributed by atoms with van der Waals surface area (Å²) in [5.41, 5.74) is 5.12. The first-order valence-corrected chi connectivity index (χ1v) is 8.22. The van der Waals surface area contributed by atoms with Gasteiger partial charge in [0.15, 0.2) is 0 Å². The Balaban J connectivity index is 2.39. The van der Waals surface area contributed by atoms with Gasteiger partial charge in [0.25, 0.3) is 0 Å². The molecule has 0 unspecified atom stereocenters. The maximum atomic E-state index is 6.38. The largest absolute Gasteiger partial charge is 0.294 e. The molecule has 2 aromatic carbocycles. The average molecular weight is 384 g/mol. The molecule has 0 bridgehead atoms. The Morgan fingerprint density at radius 3 is 2.48 bits per heavy atom. The topological polar surface area (TPSA) is 17.8 Å². The zero-order chi connectivity index (χ0) is 15.1. The molecule has 5 heteroatoms. The molecule has 0 fully saturated rings. The van der Waals surface area contributed by atoms with Crippen molar-refractivity contribution in [1.29, 1.82) is 0 Å². The van der Waals surface area contributed by atoms with Crippen LogP contribution in [-0.2, 0) is 5.88 Å². The number of hydrogen-bond acceptors (Lipinski definition) is 1. The minimum Gasteiger partial charge on any atom is -0.294 e. The number of imidazole rings is 1. The predicted molar refractivity (Wildman–Crippen MR) is 92.8 cm³/mol. The van der Waals surface area contributed by atoms with Crippen LogP contribution >= 0.6 is 39.1 Å². The molecule has 108 valence electrons. The Labute approximate surface area is 141 Å². The first-order valence-electron chi connectivity index (χ1n) is 6.52. The van der Waals surface area contributed by atoms with Gasteiger partial charge in [-0.05, 0) is 49.2 Å². The summed E-state index contributed by atoms with van der Waals surface area (Å²) in [5, 5.41) is 0.676. The third-order valence-electron chi connectivity index (χ3n) is 3.50. The SMILES string of the molecule is Cc1cc(-n2c(CCl)nc3cccc(Cl)c32)cc(C)c1Br. The molecule has 0 spiro atoms. The minimum atomic E-state index is 0.333. The molecule has 3 rings (SSSR count). The molecule has 0 amide bonds. The summed E-state index contributed by atoms with van der Waals surface area (Å²) in [6.45, 7) is 4.14. The number of nitrogens with zero attached hydrogens (tertiary/aromatic N) is 2. The van der Waals surface area contributed by atoms with E-state index in [4.69, 9.17) is 23.2 Å². The summed E-state index contributed by atoms with van der Waals surface area (Å²) >= 11 is 16.1. The van der Waals surface area contributed by atoms with Gasteiger partial charge >= 0.3 is 0 Å². The van der Waals surface area contributed by atoms with E-state index in [9.17, 15) is 0 Å². The number of fused-ring (bicyclic) bond motifs is 1. The van der Waals surface area contributed by atoms with Crippen molar-refractivity contribution in [3.63, 3.8) is 0 Å². The highest BCUT2D eigenvalue weighted by Crippen LogP contribution is 2.31. The van der Waals surface area contributed by atoms with Gasteiger partial charge in [-0.1, -0.05) is 33.6 Å². The Bertz CT molecular complexity index is 817. The monoisotopic (exact) mass is 382 g/mol. The number of rotatable bonds is 2. The van der Waals surface area contributed by atoms with Gasteiger partial charge in [-0.3, -0.25) is 4.57 Å². The van der Waals surface area contributed by atoms with E-state index in [1.54, 1.807) is 0 Å². The van der Waals surface area contributed by atoms with Crippen LogP contribution in [0, 0.1) is 13.8 Å². The summed E-state index contributed by atoms with van der Waals surface area (Å²) in [7, 11) is 0. The van der Waals surface area contributed by atoms with Gasteiger partial charge in [-0.15, -0.1) is 11.6 Å². The molecule has 2 nitrogen and oxygen atoms in total. The van der Waals surface area contributed by atoms with Gasteiger partial charge < -0.3 is 0 Å². The van der Waals surface area contributed by atoms with E-state index in [-0.39, 0.29) is 0 Å². The van der Waals surface area contributed by atoms with Crippen molar-refractivity contribution in [3.05, 3.63) is 56.8 Å². The van der Waals surface area contributed by atoms with E-state index in [0.29, 0.717) is 10.9 Å². The fourth-order valence-corrected chi connectivity index (χ4v) is 3.22. The van der Waals surface area contributed by atoms with Gasteiger partial charge in [-0.25, -0.2) is 4.98 Å². The van der Waals surface area contributed by atoms with E-state index >= 15 is 0 Å². The third kappa shape index (κ3) is 2.48. The zero-order valence-electron chi connectivity index (χ0n) is 11.6. The second-order valence-electron chi connectivity index (χ2n) is 5.00. The highest BCUT2D eigenvalue weighted by atomic mass is 79.9. The number of alkyl halides is 1. The van der Waals surface area contributed by atoms with Crippen LogP contribution in [-0.4, -0.2) is 9.55 Å². The van der Waals surface area contributed by atoms with Gasteiger partial charge in [0.2, 0.25) is 0 Å². The van der Waals surface area contributed by atoms with Crippen molar-refractivity contribution in [2.24, 2.45) is 0 Å². The summed E-state index contributed by atoms with van der Waals surface area (Å²) in [6.07, 6.45) is 0. The van der Waals surface area contributed by atoms with Gasteiger partial charge in [-0.2, -0.15) is 0 Å². The van der Waals surface area contributed by atoms with Crippen molar-refractivity contribution in [1.82, 2.24) is 9.55 Å². The number of aryl methyl sites for hydroxylation is 2. The van der Waals surface area contributed by atoms with Crippen LogP contribution in [0.4, 0.5) is 0 Å². The van der Waals surface area contributed by atoms with Crippen molar-refractivity contribution in [2.75, 3.05) is 0 Å². The normalized spacial score (nSPS) is 11.3.